The van der Waals surface area contributed by atoms with Crippen molar-refractivity contribution in [3.05, 3.63) is 51.9 Å². The summed E-state index contributed by atoms with van der Waals surface area (Å²) in [5.41, 5.74) is 5.26. The fourth-order valence-electron chi connectivity index (χ4n) is 3.32. The monoisotopic (exact) mass is 369 g/mol. The zero-order valence-corrected chi connectivity index (χ0v) is 16.2. The summed E-state index contributed by atoms with van der Waals surface area (Å²) in [7, 11) is 0. The van der Waals surface area contributed by atoms with Gasteiger partial charge in [-0.3, -0.25) is 0 Å². The molecule has 0 radical (unpaired) electrons. The Labute approximate surface area is 156 Å². The van der Waals surface area contributed by atoms with Gasteiger partial charge in [0.05, 0.1) is 10.7 Å². The van der Waals surface area contributed by atoms with Gasteiger partial charge in [0.25, 0.3) is 0 Å². The number of nitrogens with zero attached hydrogens (tertiary/aromatic N) is 5. The molecule has 134 valence electrons. The molecule has 0 aliphatic rings. The molecule has 0 atom stereocenters. The third kappa shape index (κ3) is 2.44. The van der Waals surface area contributed by atoms with Crippen molar-refractivity contribution < 1.29 is 4.42 Å². The van der Waals surface area contributed by atoms with Gasteiger partial charge >= 0.3 is 0 Å². The van der Waals surface area contributed by atoms with Gasteiger partial charge in [0.1, 0.15) is 23.1 Å². The van der Waals surface area contributed by atoms with E-state index < -0.39 is 0 Å². The molecule has 0 aliphatic carbocycles. The average Bonchev–Trinajstić information content (AvgIpc) is 3.18. The number of aryl methyl sites for hydroxylation is 5. The maximum absolute atomic E-state index is 6.51. The van der Waals surface area contributed by atoms with E-state index in [-0.39, 0.29) is 0 Å². The molecule has 0 N–H and O–H groups in total. The first kappa shape index (κ1) is 16.8. The van der Waals surface area contributed by atoms with Gasteiger partial charge in [0.15, 0.2) is 5.69 Å². The van der Waals surface area contributed by atoms with Crippen LogP contribution in [0.4, 0.5) is 0 Å². The van der Waals surface area contributed by atoms with Crippen LogP contribution in [0.25, 0.3) is 22.7 Å². The molecule has 26 heavy (non-hydrogen) atoms. The fourth-order valence-corrected chi connectivity index (χ4v) is 3.65. The van der Waals surface area contributed by atoms with Gasteiger partial charge in [-0.05, 0) is 45.7 Å². The number of rotatable bonds is 3. The van der Waals surface area contributed by atoms with Crippen LogP contribution in [0, 0.1) is 27.7 Å². The van der Waals surface area contributed by atoms with Crippen LogP contribution in [-0.2, 0) is 6.42 Å². The van der Waals surface area contributed by atoms with E-state index in [0.29, 0.717) is 16.6 Å². The van der Waals surface area contributed by atoms with Gasteiger partial charge in [-0.2, -0.15) is 14.7 Å². The number of fused-ring (bicyclic) bond motifs is 1. The molecule has 7 heteroatoms. The van der Waals surface area contributed by atoms with Crippen LogP contribution in [0.2, 0.25) is 5.02 Å². The van der Waals surface area contributed by atoms with Crippen LogP contribution in [0.5, 0.6) is 0 Å². The van der Waals surface area contributed by atoms with Crippen LogP contribution in [0.1, 0.15) is 35.6 Å². The van der Waals surface area contributed by atoms with Crippen LogP contribution < -0.4 is 0 Å². The normalized spacial score (nSPS) is 11.6. The molecule has 4 rings (SSSR count). The molecule has 0 aliphatic heterocycles. The summed E-state index contributed by atoms with van der Waals surface area (Å²) in [6.45, 7) is 9.81. The maximum Gasteiger partial charge on any atom is 0.249 e. The lowest BCUT2D eigenvalue weighted by Crippen LogP contribution is -2.02. The van der Waals surface area contributed by atoms with E-state index in [1.807, 2.05) is 50.4 Å². The molecule has 0 fully saturated rings. The first-order valence-electron chi connectivity index (χ1n) is 8.58. The van der Waals surface area contributed by atoms with Crippen LogP contribution in [0.3, 0.4) is 0 Å². The highest BCUT2D eigenvalue weighted by Gasteiger charge is 2.25. The Balaban J connectivity index is 2.04. The third-order valence-electron chi connectivity index (χ3n) is 4.49. The highest BCUT2D eigenvalue weighted by Crippen LogP contribution is 2.35. The van der Waals surface area contributed by atoms with Crippen molar-refractivity contribution in [2.45, 2.75) is 41.0 Å². The van der Waals surface area contributed by atoms with E-state index in [2.05, 4.69) is 17.0 Å². The summed E-state index contributed by atoms with van der Waals surface area (Å²) in [6, 6.07) is 5.99. The van der Waals surface area contributed by atoms with Crippen molar-refractivity contribution in [2.75, 3.05) is 0 Å². The Kier molecular flexibility index (Phi) is 3.88. The van der Waals surface area contributed by atoms with Crippen molar-refractivity contribution in [2.24, 2.45) is 0 Å². The number of benzene rings is 1. The van der Waals surface area contributed by atoms with E-state index in [1.54, 1.807) is 4.68 Å². The number of hydrogen-bond donors (Lipinski definition) is 0. The quantitative estimate of drug-likeness (QED) is 0.528. The lowest BCUT2D eigenvalue weighted by molar-refractivity contribution is 0.569. The van der Waals surface area contributed by atoms with Crippen molar-refractivity contribution in [1.29, 1.82) is 0 Å². The zero-order valence-electron chi connectivity index (χ0n) is 15.5. The summed E-state index contributed by atoms with van der Waals surface area (Å²) in [5.74, 6) is 2.28. The molecule has 0 bridgehead atoms. The van der Waals surface area contributed by atoms with Gasteiger partial charge in [0, 0.05) is 5.56 Å². The summed E-state index contributed by atoms with van der Waals surface area (Å²) in [4.78, 5) is 4.41. The second-order valence-corrected chi connectivity index (χ2v) is 6.88. The van der Waals surface area contributed by atoms with E-state index in [1.165, 1.54) is 0 Å². The molecule has 0 unspecified atom stereocenters. The Morgan fingerprint density at radius 1 is 1.12 bits per heavy atom. The summed E-state index contributed by atoms with van der Waals surface area (Å²) in [6.07, 6.45) is 0.755. The number of halogens is 1. The number of aromatic nitrogens is 5. The third-order valence-corrected chi connectivity index (χ3v) is 4.80. The maximum atomic E-state index is 6.51. The highest BCUT2D eigenvalue weighted by atomic mass is 35.5. The first-order chi connectivity index (χ1) is 12.4. The molecule has 0 amide bonds. The van der Waals surface area contributed by atoms with Gasteiger partial charge in [0.2, 0.25) is 5.71 Å². The Hall–Kier alpha value is -2.60. The second kappa shape index (κ2) is 5.99. The molecule has 1 aromatic carbocycles. The van der Waals surface area contributed by atoms with Crippen molar-refractivity contribution in [3.8, 4) is 16.9 Å². The van der Waals surface area contributed by atoms with E-state index in [9.17, 15) is 0 Å². The van der Waals surface area contributed by atoms with Crippen LogP contribution in [-0.4, -0.2) is 24.4 Å². The van der Waals surface area contributed by atoms with Crippen molar-refractivity contribution in [3.63, 3.8) is 0 Å². The Bertz CT molecular complexity index is 1130. The number of hydrogen-bond acceptors (Lipinski definition) is 4. The summed E-state index contributed by atoms with van der Waals surface area (Å²) < 4.78 is 9.76. The van der Waals surface area contributed by atoms with E-state index >= 15 is 0 Å². The van der Waals surface area contributed by atoms with Crippen molar-refractivity contribution >= 4 is 17.3 Å². The van der Waals surface area contributed by atoms with Gasteiger partial charge < -0.3 is 4.42 Å². The molecule has 3 heterocycles. The Morgan fingerprint density at radius 2 is 1.88 bits per heavy atom. The van der Waals surface area contributed by atoms with E-state index in [0.717, 1.165) is 46.2 Å². The average molecular weight is 370 g/mol. The molecule has 3 aromatic heterocycles. The molecule has 0 saturated carbocycles. The van der Waals surface area contributed by atoms with Crippen LogP contribution in [0.15, 0.2) is 22.6 Å². The predicted molar refractivity (Wildman–Crippen MR) is 101 cm³/mol. The summed E-state index contributed by atoms with van der Waals surface area (Å²) in [5, 5.41) is 9.99. The minimum Gasteiger partial charge on any atom is -0.439 e. The molecule has 4 aromatic rings. The van der Waals surface area contributed by atoms with Gasteiger partial charge in [-0.25, -0.2) is 9.67 Å². The zero-order chi connectivity index (χ0) is 18.6. The smallest absolute Gasteiger partial charge is 0.249 e. The second-order valence-electron chi connectivity index (χ2n) is 6.47. The molecule has 6 nitrogen and oxygen atoms in total. The van der Waals surface area contributed by atoms with Crippen molar-refractivity contribution in [1.82, 2.24) is 24.4 Å². The van der Waals surface area contributed by atoms with Crippen LogP contribution >= 0.6 is 11.6 Å². The summed E-state index contributed by atoms with van der Waals surface area (Å²) >= 11 is 6.51. The largest absolute Gasteiger partial charge is 0.439 e. The topological polar surface area (TPSA) is 61.2 Å². The molecular weight excluding hydrogens is 350 g/mol. The molecule has 0 saturated heterocycles. The van der Waals surface area contributed by atoms with Gasteiger partial charge in [-0.15, -0.1) is 0 Å². The molecule has 0 spiro atoms. The fraction of sp³-hybridized carbons (Fsp3) is 0.316. The van der Waals surface area contributed by atoms with E-state index in [4.69, 9.17) is 21.1 Å². The highest BCUT2D eigenvalue weighted by molar-refractivity contribution is 6.33. The number of oxazole rings is 1. The lowest BCUT2D eigenvalue weighted by atomic mass is 10.1. The Morgan fingerprint density at radius 3 is 2.50 bits per heavy atom. The lowest BCUT2D eigenvalue weighted by Gasteiger charge is -2.04. The minimum absolute atomic E-state index is 0.652. The standard InChI is InChI=1S/C19H20ClN5O/c1-6-16-18(24-13(5)21-12(4)22-24)19-25(23-16)17(11(3)26-19)14-8-7-10(2)9-15(14)20/h7-9H,6H2,1-5H3. The SMILES string of the molecule is CCc1nn2c(-c3ccc(C)cc3Cl)c(C)oc2c1-n1nc(C)nc1C. The first-order valence-corrected chi connectivity index (χ1v) is 8.96. The predicted octanol–water partition coefficient (Wildman–Crippen LogP) is 4.62. The minimum atomic E-state index is 0.652. The molecular formula is C19H20ClN5O. The van der Waals surface area contributed by atoms with Gasteiger partial charge in [-0.1, -0.05) is 30.7 Å².